The predicted molar refractivity (Wildman–Crippen MR) is 123 cm³/mol. The van der Waals surface area contributed by atoms with Crippen LogP contribution in [0.4, 0.5) is 5.69 Å². The number of benzene rings is 3. The van der Waals surface area contributed by atoms with E-state index in [1.807, 2.05) is 30.3 Å². The molecule has 1 fully saturated rings. The molecule has 8 nitrogen and oxygen atoms in total. The van der Waals surface area contributed by atoms with Crippen LogP contribution in [0, 0.1) is 0 Å². The number of carbonyl (C=O) groups is 1. The minimum atomic E-state index is -3.61. The fraction of sp³-hybridized carbons (Fsp3) is 0.167. The topological polar surface area (TPSA) is 102 Å². The molecule has 1 aliphatic rings. The number of aromatic nitrogens is 1. The van der Waals surface area contributed by atoms with Crippen molar-refractivity contribution >= 4 is 32.7 Å². The highest BCUT2D eigenvalue weighted by Gasteiger charge is 2.26. The van der Waals surface area contributed by atoms with Gasteiger partial charge in [-0.05, 0) is 54.6 Å². The van der Waals surface area contributed by atoms with E-state index in [0.717, 1.165) is 11.1 Å². The molecular weight excluding hydrogens is 442 g/mol. The largest absolute Gasteiger partial charge is 0.436 e. The Kier molecular flexibility index (Phi) is 5.67. The van der Waals surface area contributed by atoms with E-state index < -0.39 is 10.0 Å². The van der Waals surface area contributed by atoms with Crippen LogP contribution in [0.15, 0.2) is 82.1 Å². The van der Waals surface area contributed by atoms with Gasteiger partial charge >= 0.3 is 0 Å². The van der Waals surface area contributed by atoms with Crippen molar-refractivity contribution in [1.82, 2.24) is 9.29 Å². The maximum absolute atomic E-state index is 12.8. The second kappa shape index (κ2) is 8.78. The SMILES string of the molecule is O=C(Nc1cccc(-c2nc3ccccc3o2)c1)c1ccc(S(=O)(=O)N2CCOCC2)cc1. The number of amides is 1. The van der Waals surface area contributed by atoms with E-state index in [0.29, 0.717) is 49.0 Å². The number of hydrogen-bond acceptors (Lipinski definition) is 6. The Hall–Kier alpha value is -3.53. The standard InChI is InChI=1S/C24H21N3O5S/c28-23(17-8-10-20(11-9-17)33(29,30)27-12-14-31-15-13-27)25-19-5-3-4-18(16-19)24-26-21-6-1-2-7-22(21)32-24/h1-11,16H,12-15H2,(H,25,28). The van der Waals surface area contributed by atoms with Crippen LogP contribution in [0.1, 0.15) is 10.4 Å². The normalized spacial score (nSPS) is 14.9. The Morgan fingerprint density at radius 2 is 1.70 bits per heavy atom. The van der Waals surface area contributed by atoms with Gasteiger partial charge in [-0.2, -0.15) is 4.31 Å². The number of hydrogen-bond donors (Lipinski definition) is 1. The summed E-state index contributed by atoms with van der Waals surface area (Å²) in [5.41, 5.74) is 3.10. The molecule has 0 atom stereocenters. The molecule has 0 spiro atoms. The van der Waals surface area contributed by atoms with E-state index in [-0.39, 0.29) is 10.8 Å². The summed E-state index contributed by atoms with van der Waals surface area (Å²) in [6, 6.07) is 20.6. The lowest BCUT2D eigenvalue weighted by Crippen LogP contribution is -2.40. The van der Waals surface area contributed by atoms with E-state index in [4.69, 9.17) is 9.15 Å². The maximum atomic E-state index is 12.8. The summed E-state index contributed by atoms with van der Waals surface area (Å²) in [5, 5.41) is 2.84. The minimum Gasteiger partial charge on any atom is -0.436 e. The predicted octanol–water partition coefficient (Wildman–Crippen LogP) is 3.77. The Morgan fingerprint density at radius 3 is 2.45 bits per heavy atom. The molecule has 0 aliphatic carbocycles. The van der Waals surface area contributed by atoms with Crippen molar-refractivity contribution in [3.63, 3.8) is 0 Å². The highest BCUT2D eigenvalue weighted by molar-refractivity contribution is 7.89. The van der Waals surface area contributed by atoms with Gasteiger partial charge in [0.05, 0.1) is 18.1 Å². The molecule has 0 bridgehead atoms. The molecule has 0 saturated carbocycles. The van der Waals surface area contributed by atoms with Crippen molar-refractivity contribution in [2.45, 2.75) is 4.90 Å². The number of para-hydroxylation sites is 2. The molecule has 1 aromatic heterocycles. The number of morpholine rings is 1. The molecule has 33 heavy (non-hydrogen) atoms. The van der Waals surface area contributed by atoms with Crippen LogP contribution < -0.4 is 5.32 Å². The molecule has 1 aliphatic heterocycles. The van der Waals surface area contributed by atoms with E-state index in [9.17, 15) is 13.2 Å². The monoisotopic (exact) mass is 463 g/mol. The average Bonchev–Trinajstić information content (AvgIpc) is 3.29. The molecular formula is C24H21N3O5S. The molecule has 1 saturated heterocycles. The lowest BCUT2D eigenvalue weighted by molar-refractivity contribution is 0.0730. The Bertz CT molecular complexity index is 1370. The van der Waals surface area contributed by atoms with Gasteiger partial charge in [-0.3, -0.25) is 4.79 Å². The van der Waals surface area contributed by atoms with E-state index >= 15 is 0 Å². The third kappa shape index (κ3) is 4.38. The van der Waals surface area contributed by atoms with Crippen LogP contribution in [0.3, 0.4) is 0 Å². The van der Waals surface area contributed by atoms with Crippen molar-refractivity contribution in [3.05, 3.63) is 78.4 Å². The summed E-state index contributed by atoms with van der Waals surface area (Å²) in [6.45, 7) is 1.40. The van der Waals surface area contributed by atoms with Gasteiger partial charge in [0.1, 0.15) is 5.52 Å². The molecule has 168 valence electrons. The quantitative estimate of drug-likeness (QED) is 0.484. The summed E-state index contributed by atoms with van der Waals surface area (Å²) in [7, 11) is -3.61. The van der Waals surface area contributed by atoms with Crippen molar-refractivity contribution < 1.29 is 22.4 Å². The summed E-state index contributed by atoms with van der Waals surface area (Å²) in [6.07, 6.45) is 0. The molecule has 9 heteroatoms. The molecule has 5 rings (SSSR count). The summed E-state index contributed by atoms with van der Waals surface area (Å²) in [5.74, 6) is 0.116. The van der Waals surface area contributed by atoms with E-state index in [1.165, 1.54) is 28.6 Å². The fourth-order valence-electron chi connectivity index (χ4n) is 3.64. The lowest BCUT2D eigenvalue weighted by Gasteiger charge is -2.26. The third-order valence-electron chi connectivity index (χ3n) is 5.39. The van der Waals surface area contributed by atoms with Crippen molar-refractivity contribution in [3.8, 4) is 11.5 Å². The first kappa shape index (κ1) is 21.3. The zero-order chi connectivity index (χ0) is 22.8. The number of oxazole rings is 1. The van der Waals surface area contributed by atoms with Crippen LogP contribution in [0.2, 0.25) is 0 Å². The van der Waals surface area contributed by atoms with Gasteiger partial charge < -0.3 is 14.5 Å². The number of fused-ring (bicyclic) bond motifs is 1. The van der Waals surface area contributed by atoms with Crippen molar-refractivity contribution in [2.75, 3.05) is 31.6 Å². The summed E-state index contributed by atoms with van der Waals surface area (Å²) < 4.78 is 37.9. The number of carbonyl (C=O) groups excluding carboxylic acids is 1. The molecule has 2 heterocycles. The van der Waals surface area contributed by atoms with Gasteiger partial charge in [0.15, 0.2) is 5.58 Å². The Balaban J connectivity index is 1.32. The number of rotatable bonds is 5. The van der Waals surface area contributed by atoms with Crippen LogP contribution in [0.25, 0.3) is 22.6 Å². The number of anilines is 1. The minimum absolute atomic E-state index is 0.152. The van der Waals surface area contributed by atoms with Gasteiger partial charge in [-0.1, -0.05) is 18.2 Å². The molecule has 1 N–H and O–H groups in total. The number of ether oxygens (including phenoxy) is 1. The van der Waals surface area contributed by atoms with Gasteiger partial charge in [-0.25, -0.2) is 13.4 Å². The first-order chi connectivity index (χ1) is 16.0. The van der Waals surface area contributed by atoms with Crippen molar-refractivity contribution in [1.29, 1.82) is 0 Å². The number of nitrogens with one attached hydrogen (secondary N) is 1. The number of sulfonamides is 1. The van der Waals surface area contributed by atoms with Crippen LogP contribution in [0.5, 0.6) is 0 Å². The Morgan fingerprint density at radius 1 is 0.939 bits per heavy atom. The van der Waals surface area contributed by atoms with Crippen molar-refractivity contribution in [2.24, 2.45) is 0 Å². The fourth-order valence-corrected chi connectivity index (χ4v) is 5.05. The molecule has 3 aromatic carbocycles. The average molecular weight is 464 g/mol. The third-order valence-corrected chi connectivity index (χ3v) is 7.30. The second-order valence-corrected chi connectivity index (χ2v) is 9.50. The van der Waals surface area contributed by atoms with Gasteiger partial charge in [0.2, 0.25) is 15.9 Å². The molecule has 1 amide bonds. The molecule has 0 unspecified atom stereocenters. The van der Waals surface area contributed by atoms with Gasteiger partial charge in [-0.15, -0.1) is 0 Å². The molecule has 0 radical (unpaired) electrons. The maximum Gasteiger partial charge on any atom is 0.255 e. The van der Waals surface area contributed by atoms with E-state index in [1.54, 1.807) is 18.2 Å². The van der Waals surface area contributed by atoms with Gasteiger partial charge in [0.25, 0.3) is 5.91 Å². The second-order valence-electron chi connectivity index (χ2n) is 7.56. The zero-order valence-corrected chi connectivity index (χ0v) is 18.4. The van der Waals surface area contributed by atoms with Crippen LogP contribution in [-0.2, 0) is 14.8 Å². The summed E-state index contributed by atoms with van der Waals surface area (Å²) in [4.78, 5) is 17.4. The first-order valence-corrected chi connectivity index (χ1v) is 11.9. The Labute approximate surface area is 190 Å². The van der Waals surface area contributed by atoms with Crippen LogP contribution in [-0.4, -0.2) is 49.9 Å². The molecule has 4 aromatic rings. The van der Waals surface area contributed by atoms with E-state index in [2.05, 4.69) is 10.3 Å². The number of nitrogens with zero attached hydrogens (tertiary/aromatic N) is 2. The highest BCUT2D eigenvalue weighted by Crippen LogP contribution is 2.26. The lowest BCUT2D eigenvalue weighted by atomic mass is 10.1. The van der Waals surface area contributed by atoms with Gasteiger partial charge in [0, 0.05) is 29.9 Å². The smallest absolute Gasteiger partial charge is 0.255 e. The zero-order valence-electron chi connectivity index (χ0n) is 17.6. The van der Waals surface area contributed by atoms with Crippen LogP contribution >= 0.6 is 0 Å². The summed E-state index contributed by atoms with van der Waals surface area (Å²) >= 11 is 0. The first-order valence-electron chi connectivity index (χ1n) is 10.5. The highest BCUT2D eigenvalue weighted by atomic mass is 32.2.